The van der Waals surface area contributed by atoms with Gasteiger partial charge in [-0.1, -0.05) is 6.08 Å². The van der Waals surface area contributed by atoms with Crippen LogP contribution in [0.1, 0.15) is 26.7 Å². The third kappa shape index (κ3) is 6.04. The zero-order valence-electron chi connectivity index (χ0n) is 11.1. The van der Waals surface area contributed by atoms with Crippen molar-refractivity contribution in [3.63, 3.8) is 0 Å². The minimum absolute atomic E-state index is 0.101. The van der Waals surface area contributed by atoms with Crippen molar-refractivity contribution in [3.8, 4) is 0 Å². The van der Waals surface area contributed by atoms with Gasteiger partial charge in [0.2, 0.25) is 0 Å². The summed E-state index contributed by atoms with van der Waals surface area (Å²) in [5.74, 6) is -1.39. The third-order valence-corrected chi connectivity index (χ3v) is 2.54. The van der Waals surface area contributed by atoms with Crippen LogP contribution in [0.4, 0.5) is 0 Å². The van der Waals surface area contributed by atoms with Crippen molar-refractivity contribution in [2.45, 2.75) is 32.8 Å². The van der Waals surface area contributed by atoms with Crippen LogP contribution in [0.5, 0.6) is 0 Å². The number of carboxylic acid groups (broad SMARTS) is 1. The molecule has 0 amide bonds. The molecule has 0 aliphatic carbocycles. The van der Waals surface area contributed by atoms with Gasteiger partial charge in [0.25, 0.3) is 0 Å². The molecule has 1 aliphatic heterocycles. The zero-order chi connectivity index (χ0) is 14.3. The lowest BCUT2D eigenvalue weighted by atomic mass is 10.1. The molecule has 19 heavy (non-hydrogen) atoms. The van der Waals surface area contributed by atoms with Crippen molar-refractivity contribution in [2.24, 2.45) is 0 Å². The number of aliphatic carboxylic acids is 1. The van der Waals surface area contributed by atoms with Crippen LogP contribution in [0.2, 0.25) is 0 Å². The molecule has 1 N–H and O–H groups in total. The molecule has 1 unspecified atom stereocenters. The van der Waals surface area contributed by atoms with Crippen LogP contribution in [-0.2, 0) is 19.1 Å². The van der Waals surface area contributed by atoms with E-state index in [4.69, 9.17) is 14.6 Å². The molecule has 1 fully saturated rings. The number of hydrogen-bond acceptors (Lipinski definition) is 4. The molecule has 1 aliphatic rings. The molecule has 0 aromatic rings. The number of carboxylic acids is 1. The van der Waals surface area contributed by atoms with E-state index in [0.29, 0.717) is 25.0 Å². The fraction of sp³-hybridized carbons (Fsp3) is 0.500. The molecule has 0 saturated carbocycles. The Hall–Kier alpha value is -1.84. The molecule has 104 valence electrons. The van der Waals surface area contributed by atoms with Gasteiger partial charge < -0.3 is 14.6 Å². The van der Waals surface area contributed by atoms with E-state index in [0.717, 1.165) is 0 Å². The molecule has 0 radical (unpaired) electrons. The minimum atomic E-state index is -0.966. The lowest BCUT2D eigenvalue weighted by Gasteiger charge is -2.04. The van der Waals surface area contributed by atoms with Crippen molar-refractivity contribution < 1.29 is 24.2 Å². The Bertz CT molecular complexity index is 437. The van der Waals surface area contributed by atoms with E-state index in [-0.39, 0.29) is 18.3 Å². The number of epoxide rings is 1. The maximum absolute atomic E-state index is 11.7. The summed E-state index contributed by atoms with van der Waals surface area (Å²) >= 11 is 0. The summed E-state index contributed by atoms with van der Waals surface area (Å²) < 4.78 is 10.1. The summed E-state index contributed by atoms with van der Waals surface area (Å²) in [6, 6.07) is 0. The highest BCUT2D eigenvalue weighted by Crippen LogP contribution is 2.19. The molecule has 0 spiro atoms. The molecule has 1 atom stereocenters. The van der Waals surface area contributed by atoms with Gasteiger partial charge in [-0.15, -0.1) is 5.73 Å². The number of rotatable bonds is 7. The van der Waals surface area contributed by atoms with Crippen molar-refractivity contribution >= 4 is 11.9 Å². The van der Waals surface area contributed by atoms with Crippen LogP contribution in [0, 0.1) is 0 Å². The Morgan fingerprint density at radius 1 is 1.53 bits per heavy atom. The van der Waals surface area contributed by atoms with E-state index in [1.165, 1.54) is 13.0 Å². The highest BCUT2D eigenvalue weighted by molar-refractivity contribution is 5.88. The number of carbonyl (C=O) groups excluding carboxylic acids is 1. The first-order valence-electron chi connectivity index (χ1n) is 6.13. The largest absolute Gasteiger partial charge is 0.478 e. The predicted octanol–water partition coefficient (Wildman–Crippen LogP) is 1.84. The first kappa shape index (κ1) is 15.2. The van der Waals surface area contributed by atoms with Crippen LogP contribution in [0.15, 0.2) is 29.0 Å². The SMILES string of the molecule is CC=C=C(CC1CO1)C(=O)OCCC=C(C)C(=O)O. The minimum Gasteiger partial charge on any atom is -0.478 e. The monoisotopic (exact) mass is 266 g/mol. The molecular formula is C14H18O5. The van der Waals surface area contributed by atoms with Gasteiger partial charge in [-0.2, -0.15) is 0 Å². The van der Waals surface area contributed by atoms with Gasteiger partial charge in [0.05, 0.1) is 24.9 Å². The Morgan fingerprint density at radius 2 is 2.21 bits per heavy atom. The smallest absolute Gasteiger partial charge is 0.341 e. The summed E-state index contributed by atoms with van der Waals surface area (Å²) in [5, 5.41) is 8.65. The van der Waals surface area contributed by atoms with Crippen molar-refractivity contribution in [2.75, 3.05) is 13.2 Å². The number of esters is 1. The molecule has 0 aromatic carbocycles. The molecule has 1 saturated heterocycles. The second-order valence-corrected chi connectivity index (χ2v) is 4.19. The summed E-state index contributed by atoms with van der Waals surface area (Å²) in [4.78, 5) is 22.3. The summed E-state index contributed by atoms with van der Waals surface area (Å²) in [6.45, 7) is 4.10. The summed E-state index contributed by atoms with van der Waals surface area (Å²) in [6.07, 6.45) is 4.18. The first-order chi connectivity index (χ1) is 9.04. The second kappa shape index (κ2) is 7.56. The van der Waals surface area contributed by atoms with E-state index in [1.54, 1.807) is 13.0 Å². The molecule has 1 heterocycles. The third-order valence-electron chi connectivity index (χ3n) is 2.54. The van der Waals surface area contributed by atoms with E-state index in [9.17, 15) is 9.59 Å². The Labute approximate surface area is 112 Å². The maximum Gasteiger partial charge on any atom is 0.341 e. The van der Waals surface area contributed by atoms with E-state index in [1.807, 2.05) is 0 Å². The average molecular weight is 266 g/mol. The van der Waals surface area contributed by atoms with Crippen LogP contribution in [0.3, 0.4) is 0 Å². The van der Waals surface area contributed by atoms with Crippen molar-refractivity contribution in [1.29, 1.82) is 0 Å². The maximum atomic E-state index is 11.7. The van der Waals surface area contributed by atoms with Crippen LogP contribution in [-0.4, -0.2) is 36.4 Å². The van der Waals surface area contributed by atoms with E-state index in [2.05, 4.69) is 5.73 Å². The molecule has 5 nitrogen and oxygen atoms in total. The fourth-order valence-electron chi connectivity index (χ4n) is 1.39. The highest BCUT2D eigenvalue weighted by atomic mass is 16.6. The Kier molecular flexibility index (Phi) is 6.06. The van der Waals surface area contributed by atoms with E-state index >= 15 is 0 Å². The molecule has 0 bridgehead atoms. The highest BCUT2D eigenvalue weighted by Gasteiger charge is 2.26. The number of ether oxygens (including phenoxy) is 2. The topological polar surface area (TPSA) is 76.1 Å². The Balaban J connectivity index is 2.38. The van der Waals surface area contributed by atoms with Gasteiger partial charge in [0.1, 0.15) is 0 Å². The zero-order valence-corrected chi connectivity index (χ0v) is 11.1. The second-order valence-electron chi connectivity index (χ2n) is 4.19. The normalized spacial score (nSPS) is 17.4. The van der Waals surface area contributed by atoms with Gasteiger partial charge >= 0.3 is 11.9 Å². The quantitative estimate of drug-likeness (QED) is 0.250. The van der Waals surface area contributed by atoms with Crippen LogP contribution < -0.4 is 0 Å². The number of hydrogen-bond donors (Lipinski definition) is 1. The van der Waals surface area contributed by atoms with Crippen molar-refractivity contribution in [1.82, 2.24) is 0 Å². The lowest BCUT2D eigenvalue weighted by molar-refractivity contribution is -0.139. The van der Waals surface area contributed by atoms with Gasteiger partial charge in [0, 0.05) is 18.4 Å². The molecule has 5 heteroatoms. The molecular weight excluding hydrogens is 248 g/mol. The summed E-state index contributed by atoms with van der Waals surface area (Å²) in [7, 11) is 0. The van der Waals surface area contributed by atoms with Gasteiger partial charge in [-0.25, -0.2) is 9.59 Å². The van der Waals surface area contributed by atoms with Gasteiger partial charge in [0.15, 0.2) is 0 Å². The standard InChI is InChI=1S/C14H18O5/c1-3-5-11(8-12-9-19-12)14(17)18-7-4-6-10(2)13(15)16/h3,6,12H,4,7-9H2,1-2H3,(H,15,16). The summed E-state index contributed by atoms with van der Waals surface area (Å²) in [5.41, 5.74) is 3.55. The van der Waals surface area contributed by atoms with Gasteiger partial charge in [-0.05, 0) is 19.9 Å². The van der Waals surface area contributed by atoms with Gasteiger partial charge in [-0.3, -0.25) is 0 Å². The number of carbonyl (C=O) groups is 2. The predicted molar refractivity (Wildman–Crippen MR) is 68.6 cm³/mol. The van der Waals surface area contributed by atoms with Crippen molar-refractivity contribution in [3.05, 3.63) is 29.0 Å². The van der Waals surface area contributed by atoms with Crippen LogP contribution >= 0.6 is 0 Å². The average Bonchev–Trinajstić information content (AvgIpc) is 3.17. The molecule has 1 rings (SSSR count). The fourth-order valence-corrected chi connectivity index (χ4v) is 1.39. The lowest BCUT2D eigenvalue weighted by Crippen LogP contribution is -2.10. The molecule has 0 aromatic heterocycles. The van der Waals surface area contributed by atoms with Crippen LogP contribution in [0.25, 0.3) is 0 Å². The first-order valence-corrected chi connectivity index (χ1v) is 6.13. The Morgan fingerprint density at radius 3 is 2.74 bits per heavy atom. The van der Waals surface area contributed by atoms with E-state index < -0.39 is 11.9 Å².